The number of fused-ring (bicyclic) bond motifs is 2. The molecule has 3 heterocycles. The van der Waals surface area contributed by atoms with E-state index < -0.39 is 17.7 Å². The van der Waals surface area contributed by atoms with Crippen LogP contribution in [0.25, 0.3) is 0 Å². The summed E-state index contributed by atoms with van der Waals surface area (Å²) in [5.74, 6) is -0.844. The number of esters is 1. The zero-order valence-electron chi connectivity index (χ0n) is 17.9. The Bertz CT molecular complexity index is 853. The molecule has 1 aromatic rings. The van der Waals surface area contributed by atoms with E-state index in [9.17, 15) is 9.59 Å². The van der Waals surface area contributed by atoms with Gasteiger partial charge in [-0.2, -0.15) is 0 Å². The van der Waals surface area contributed by atoms with E-state index in [0.717, 1.165) is 0 Å². The topological polar surface area (TPSA) is 68.3 Å². The fourth-order valence-electron chi connectivity index (χ4n) is 4.32. The number of cyclic esters (lactones) is 1. The maximum absolute atomic E-state index is 15.3. The first kappa shape index (κ1) is 21.1. The van der Waals surface area contributed by atoms with Crippen LogP contribution in [0, 0.1) is 5.82 Å². The van der Waals surface area contributed by atoms with Crippen LogP contribution in [0.5, 0.6) is 0 Å². The van der Waals surface area contributed by atoms with Gasteiger partial charge in [-0.05, 0) is 33.8 Å². The molecule has 0 unspecified atom stereocenters. The van der Waals surface area contributed by atoms with Gasteiger partial charge in [-0.15, -0.1) is 0 Å². The van der Waals surface area contributed by atoms with Crippen molar-refractivity contribution >= 4 is 12.1 Å². The molecule has 0 saturated carbocycles. The Morgan fingerprint density at radius 2 is 2.00 bits per heavy atom. The van der Waals surface area contributed by atoms with Crippen LogP contribution in [0.4, 0.5) is 9.18 Å². The summed E-state index contributed by atoms with van der Waals surface area (Å²) in [7, 11) is 0. The third-order valence-corrected chi connectivity index (χ3v) is 5.79. The fourth-order valence-corrected chi connectivity index (χ4v) is 4.32. The lowest BCUT2D eigenvalue weighted by Crippen LogP contribution is -2.60. The summed E-state index contributed by atoms with van der Waals surface area (Å²) in [6, 6.07) is 3.32. The van der Waals surface area contributed by atoms with Gasteiger partial charge in [0.05, 0.1) is 24.3 Å². The van der Waals surface area contributed by atoms with E-state index in [1.807, 2.05) is 20.8 Å². The number of benzene rings is 1. The van der Waals surface area contributed by atoms with Crippen molar-refractivity contribution < 1.29 is 28.2 Å². The molecule has 1 aromatic carbocycles. The molecule has 0 bridgehead atoms. The van der Waals surface area contributed by atoms with Crippen LogP contribution >= 0.6 is 0 Å². The minimum absolute atomic E-state index is 0.0539. The number of carbonyl (C=O) groups excluding carboxylic acids is 2. The average Bonchev–Trinajstić information content (AvgIpc) is 2.66. The maximum Gasteiger partial charge on any atom is 0.410 e. The van der Waals surface area contributed by atoms with Gasteiger partial charge in [0.25, 0.3) is 0 Å². The second-order valence-corrected chi connectivity index (χ2v) is 9.31. The molecule has 2 saturated heterocycles. The van der Waals surface area contributed by atoms with Crippen LogP contribution < -0.4 is 0 Å². The zero-order chi connectivity index (χ0) is 21.6. The van der Waals surface area contributed by atoms with Gasteiger partial charge >= 0.3 is 12.1 Å². The number of hydrogen-bond donors (Lipinski definition) is 0. The summed E-state index contributed by atoms with van der Waals surface area (Å²) < 4.78 is 31.9. The van der Waals surface area contributed by atoms with Crippen LogP contribution in [0.15, 0.2) is 12.1 Å². The smallest absolute Gasteiger partial charge is 0.410 e. The van der Waals surface area contributed by atoms with Crippen LogP contribution in [0.3, 0.4) is 0 Å². The normalized spacial score (nSPS) is 27.2. The van der Waals surface area contributed by atoms with Crippen LogP contribution in [-0.4, -0.2) is 72.4 Å². The number of rotatable bonds is 1. The molecule has 0 aliphatic carbocycles. The third kappa shape index (κ3) is 4.16. The lowest BCUT2D eigenvalue weighted by Gasteiger charge is -2.46. The van der Waals surface area contributed by atoms with E-state index in [4.69, 9.17) is 14.2 Å². The molecule has 3 atom stereocenters. The third-order valence-electron chi connectivity index (χ3n) is 5.79. The van der Waals surface area contributed by atoms with Crippen molar-refractivity contribution in [2.75, 3.05) is 32.8 Å². The summed E-state index contributed by atoms with van der Waals surface area (Å²) in [5.41, 5.74) is 0.658. The second kappa shape index (κ2) is 7.81. The Hall–Kier alpha value is -2.19. The summed E-state index contributed by atoms with van der Waals surface area (Å²) in [6.07, 6.45) is -0.698. The van der Waals surface area contributed by atoms with Gasteiger partial charge in [0.1, 0.15) is 17.5 Å². The molecule has 2 fully saturated rings. The SMILES string of the molecule is C[C@@H]1Cc2c(ccc([C@@H]3CN4CCN(C(=O)OC(C)(C)C)C[C@@H]4CO3)c2F)C(=O)O1. The molecular weight excluding hydrogens is 391 g/mol. The summed E-state index contributed by atoms with van der Waals surface area (Å²) in [6.45, 7) is 10.0. The largest absolute Gasteiger partial charge is 0.459 e. The predicted molar refractivity (Wildman–Crippen MR) is 107 cm³/mol. The highest BCUT2D eigenvalue weighted by molar-refractivity contribution is 5.92. The number of nitrogens with zero attached hydrogens (tertiary/aromatic N) is 2. The van der Waals surface area contributed by atoms with E-state index in [1.54, 1.807) is 24.0 Å². The molecule has 0 N–H and O–H groups in total. The fraction of sp³-hybridized carbons (Fsp3) is 0.636. The van der Waals surface area contributed by atoms with Gasteiger partial charge < -0.3 is 19.1 Å². The minimum atomic E-state index is -0.531. The Labute approximate surface area is 176 Å². The first-order valence-electron chi connectivity index (χ1n) is 10.5. The Morgan fingerprint density at radius 3 is 2.73 bits per heavy atom. The number of piperazine rings is 1. The van der Waals surface area contributed by atoms with Gasteiger partial charge in [0, 0.05) is 43.7 Å². The number of halogens is 1. The monoisotopic (exact) mass is 420 g/mol. The van der Waals surface area contributed by atoms with E-state index in [1.165, 1.54) is 0 Å². The molecule has 0 aromatic heterocycles. The van der Waals surface area contributed by atoms with Crippen LogP contribution in [0.1, 0.15) is 55.3 Å². The van der Waals surface area contributed by atoms with Gasteiger partial charge in [0.15, 0.2) is 0 Å². The number of hydrogen-bond acceptors (Lipinski definition) is 6. The zero-order valence-corrected chi connectivity index (χ0v) is 17.9. The molecule has 0 radical (unpaired) electrons. The first-order chi connectivity index (χ1) is 14.1. The van der Waals surface area contributed by atoms with Crippen LogP contribution in [0.2, 0.25) is 0 Å². The Morgan fingerprint density at radius 1 is 1.23 bits per heavy atom. The maximum atomic E-state index is 15.3. The standard InChI is InChI=1S/C22H29FN2O5/c1-13-9-17-15(20(26)29-13)5-6-16(19(17)23)18-11-24-7-8-25(10-14(24)12-28-18)21(27)30-22(2,3)4/h5-6,13-14,18H,7-12H2,1-4H3/t13-,14-,18+/m1/s1. The Balaban J connectivity index is 1.44. The molecule has 30 heavy (non-hydrogen) atoms. The van der Waals surface area contributed by atoms with E-state index >= 15 is 4.39 Å². The number of amides is 1. The molecule has 1 amide bonds. The van der Waals surface area contributed by atoms with E-state index in [2.05, 4.69) is 4.90 Å². The van der Waals surface area contributed by atoms with Crippen LogP contribution in [-0.2, 0) is 20.6 Å². The molecule has 4 rings (SSSR count). The van der Waals surface area contributed by atoms with Crippen molar-refractivity contribution in [1.82, 2.24) is 9.80 Å². The van der Waals surface area contributed by atoms with Crippen molar-refractivity contribution in [3.05, 3.63) is 34.6 Å². The average molecular weight is 420 g/mol. The summed E-state index contributed by atoms with van der Waals surface area (Å²) in [5, 5.41) is 0. The van der Waals surface area contributed by atoms with Crippen molar-refractivity contribution in [3.8, 4) is 0 Å². The summed E-state index contributed by atoms with van der Waals surface area (Å²) in [4.78, 5) is 28.3. The van der Waals surface area contributed by atoms with E-state index in [0.29, 0.717) is 55.9 Å². The quantitative estimate of drug-likeness (QED) is 0.651. The second-order valence-electron chi connectivity index (χ2n) is 9.31. The van der Waals surface area contributed by atoms with Crippen molar-refractivity contribution in [2.45, 2.75) is 58.0 Å². The molecule has 8 heteroatoms. The highest BCUT2D eigenvalue weighted by atomic mass is 19.1. The van der Waals surface area contributed by atoms with Gasteiger partial charge in [-0.3, -0.25) is 4.90 Å². The number of ether oxygens (including phenoxy) is 3. The first-order valence-corrected chi connectivity index (χ1v) is 10.5. The molecule has 3 aliphatic rings. The highest BCUT2D eigenvalue weighted by Gasteiger charge is 2.38. The minimum Gasteiger partial charge on any atom is -0.459 e. The van der Waals surface area contributed by atoms with Crippen molar-refractivity contribution in [3.63, 3.8) is 0 Å². The van der Waals surface area contributed by atoms with E-state index in [-0.39, 0.29) is 24.1 Å². The molecule has 164 valence electrons. The van der Waals surface area contributed by atoms with Gasteiger partial charge in [0.2, 0.25) is 0 Å². The highest BCUT2D eigenvalue weighted by Crippen LogP contribution is 2.33. The van der Waals surface area contributed by atoms with Crippen molar-refractivity contribution in [2.24, 2.45) is 0 Å². The number of morpholine rings is 1. The summed E-state index contributed by atoms with van der Waals surface area (Å²) >= 11 is 0. The molecular formula is C22H29FN2O5. The van der Waals surface area contributed by atoms with Gasteiger partial charge in [-0.25, -0.2) is 14.0 Å². The van der Waals surface area contributed by atoms with Crippen molar-refractivity contribution in [1.29, 1.82) is 0 Å². The molecule has 7 nitrogen and oxygen atoms in total. The molecule has 3 aliphatic heterocycles. The lowest BCUT2D eigenvalue weighted by molar-refractivity contribution is -0.0916. The number of carbonyl (C=O) groups is 2. The lowest BCUT2D eigenvalue weighted by atomic mass is 9.93. The molecule has 0 spiro atoms. The van der Waals surface area contributed by atoms with Gasteiger partial charge in [-0.1, -0.05) is 6.07 Å². The predicted octanol–water partition coefficient (Wildman–Crippen LogP) is 2.92. The Kier molecular flexibility index (Phi) is 5.48.